The van der Waals surface area contributed by atoms with E-state index < -0.39 is 0 Å². The van der Waals surface area contributed by atoms with Crippen molar-refractivity contribution in [1.29, 1.82) is 0 Å². The molecular weight excluding hydrogens is 182 g/mol. The van der Waals surface area contributed by atoms with Crippen LogP contribution in [0.1, 0.15) is 19.3 Å². The zero-order chi connectivity index (χ0) is 10.1. The highest BCUT2D eigenvalue weighted by molar-refractivity contribution is 5.48. The van der Waals surface area contributed by atoms with Crippen molar-refractivity contribution in [3.63, 3.8) is 0 Å². The van der Waals surface area contributed by atoms with Gasteiger partial charge in [-0.15, -0.1) is 0 Å². The van der Waals surface area contributed by atoms with Crippen LogP contribution in [-0.2, 0) is 0 Å². The van der Waals surface area contributed by atoms with E-state index in [9.17, 15) is 0 Å². The Morgan fingerprint density at radius 3 is 2.47 bits per heavy atom. The average Bonchev–Trinajstić information content (AvgIpc) is 3.15. The first-order chi connectivity index (χ1) is 7.43. The lowest BCUT2D eigenvalue weighted by Gasteiger charge is -2.28. The molecular formula is C14H17N. The predicted octanol–water partition coefficient (Wildman–Crippen LogP) is 3.23. The second kappa shape index (κ2) is 3.73. The number of hydrogen-bond donors (Lipinski definition) is 0. The fraction of sp³-hybridized carbons (Fsp3) is 0.429. The molecule has 1 heterocycles. The van der Waals surface area contributed by atoms with E-state index in [4.69, 9.17) is 0 Å². The van der Waals surface area contributed by atoms with E-state index in [0.717, 1.165) is 12.5 Å². The lowest BCUT2D eigenvalue weighted by molar-refractivity contribution is 0.743. The second-order valence-corrected chi connectivity index (χ2v) is 4.58. The number of hydrogen-bond acceptors (Lipinski definition) is 1. The van der Waals surface area contributed by atoms with Crippen molar-refractivity contribution in [2.75, 3.05) is 18.0 Å². The molecule has 3 rings (SSSR count). The van der Waals surface area contributed by atoms with Gasteiger partial charge in [0.05, 0.1) is 0 Å². The highest BCUT2D eigenvalue weighted by atomic mass is 15.1. The maximum atomic E-state index is 2.46. The van der Waals surface area contributed by atoms with E-state index in [2.05, 4.69) is 41.3 Å². The van der Waals surface area contributed by atoms with Gasteiger partial charge in [-0.05, 0) is 37.3 Å². The minimum absolute atomic E-state index is 0.961. The number of anilines is 1. The van der Waals surface area contributed by atoms with Crippen LogP contribution in [-0.4, -0.2) is 13.1 Å². The van der Waals surface area contributed by atoms with Crippen molar-refractivity contribution < 1.29 is 0 Å². The largest absolute Gasteiger partial charge is 0.367 e. The molecule has 1 nitrogen and oxygen atoms in total. The van der Waals surface area contributed by atoms with Gasteiger partial charge in [-0.1, -0.05) is 29.8 Å². The van der Waals surface area contributed by atoms with Gasteiger partial charge in [-0.3, -0.25) is 0 Å². The van der Waals surface area contributed by atoms with Gasteiger partial charge in [0.15, 0.2) is 0 Å². The molecule has 1 aromatic rings. The Hall–Kier alpha value is -1.24. The summed E-state index contributed by atoms with van der Waals surface area (Å²) in [5.41, 5.74) is 3.09. The fourth-order valence-electron chi connectivity index (χ4n) is 2.38. The molecule has 1 aliphatic heterocycles. The Morgan fingerprint density at radius 1 is 1.07 bits per heavy atom. The molecule has 0 amide bonds. The number of rotatable bonds is 2. The van der Waals surface area contributed by atoms with Crippen molar-refractivity contribution in [1.82, 2.24) is 0 Å². The first kappa shape index (κ1) is 9.02. The van der Waals surface area contributed by atoms with Crippen molar-refractivity contribution in [2.45, 2.75) is 19.3 Å². The quantitative estimate of drug-likeness (QED) is 0.661. The van der Waals surface area contributed by atoms with Crippen LogP contribution in [0.15, 0.2) is 42.0 Å². The van der Waals surface area contributed by atoms with E-state index in [-0.39, 0.29) is 0 Å². The number of para-hydroxylation sites is 1. The molecule has 1 aliphatic carbocycles. The summed E-state index contributed by atoms with van der Waals surface area (Å²) >= 11 is 0. The molecule has 0 spiro atoms. The van der Waals surface area contributed by atoms with Crippen molar-refractivity contribution in [2.24, 2.45) is 5.92 Å². The number of nitrogens with zero attached hydrogens (tertiary/aromatic N) is 1. The molecule has 0 radical (unpaired) electrons. The molecule has 0 N–H and O–H groups in total. The van der Waals surface area contributed by atoms with Crippen molar-refractivity contribution >= 4 is 5.69 Å². The van der Waals surface area contributed by atoms with Gasteiger partial charge in [0.1, 0.15) is 0 Å². The third-order valence-electron chi connectivity index (χ3n) is 3.47. The Morgan fingerprint density at radius 2 is 1.87 bits per heavy atom. The van der Waals surface area contributed by atoms with Crippen LogP contribution in [0, 0.1) is 5.92 Å². The molecule has 1 fully saturated rings. The summed E-state index contributed by atoms with van der Waals surface area (Å²) in [6.45, 7) is 2.31. The third kappa shape index (κ3) is 1.92. The van der Waals surface area contributed by atoms with Gasteiger partial charge >= 0.3 is 0 Å². The SMILES string of the molecule is C1=C(C2CC2)CCN(c2ccccc2)C1. The summed E-state index contributed by atoms with van der Waals surface area (Å²) in [6.07, 6.45) is 6.61. The monoisotopic (exact) mass is 199 g/mol. The summed E-state index contributed by atoms with van der Waals surface area (Å²) in [7, 11) is 0. The highest BCUT2D eigenvalue weighted by Crippen LogP contribution is 2.39. The van der Waals surface area contributed by atoms with Crippen LogP contribution in [0.2, 0.25) is 0 Å². The van der Waals surface area contributed by atoms with Crippen molar-refractivity contribution in [3.05, 3.63) is 42.0 Å². The lowest BCUT2D eigenvalue weighted by atomic mass is 10.0. The molecule has 0 unspecified atom stereocenters. The molecule has 1 heteroatoms. The Balaban J connectivity index is 1.71. The normalized spacial score (nSPS) is 21.3. The molecule has 0 aromatic heterocycles. The average molecular weight is 199 g/mol. The van der Waals surface area contributed by atoms with Crippen molar-refractivity contribution in [3.8, 4) is 0 Å². The zero-order valence-electron chi connectivity index (χ0n) is 9.02. The molecule has 0 bridgehead atoms. The van der Waals surface area contributed by atoms with Crippen LogP contribution in [0.25, 0.3) is 0 Å². The summed E-state index contributed by atoms with van der Waals surface area (Å²) in [4.78, 5) is 2.46. The van der Waals surface area contributed by atoms with Crippen LogP contribution < -0.4 is 4.90 Å². The van der Waals surface area contributed by atoms with Crippen LogP contribution >= 0.6 is 0 Å². The van der Waals surface area contributed by atoms with E-state index in [1.165, 1.54) is 31.5 Å². The van der Waals surface area contributed by atoms with E-state index in [1.54, 1.807) is 5.57 Å². The molecule has 1 saturated carbocycles. The fourth-order valence-corrected chi connectivity index (χ4v) is 2.38. The Labute approximate surface area is 91.4 Å². The third-order valence-corrected chi connectivity index (χ3v) is 3.47. The highest BCUT2D eigenvalue weighted by Gasteiger charge is 2.27. The van der Waals surface area contributed by atoms with Gasteiger partial charge < -0.3 is 4.90 Å². The summed E-state index contributed by atoms with van der Waals surface area (Å²) in [5, 5.41) is 0. The molecule has 1 aromatic carbocycles. The summed E-state index contributed by atoms with van der Waals surface area (Å²) < 4.78 is 0. The van der Waals surface area contributed by atoms with E-state index in [0.29, 0.717) is 0 Å². The van der Waals surface area contributed by atoms with E-state index in [1.807, 2.05) is 0 Å². The molecule has 2 aliphatic rings. The standard InChI is InChI=1S/C14H17N/c1-2-4-14(5-3-1)15-10-8-13(9-11-15)12-6-7-12/h1-5,8,12H,6-7,9-11H2. The first-order valence-corrected chi connectivity index (χ1v) is 5.92. The summed E-state index contributed by atoms with van der Waals surface area (Å²) in [5.74, 6) is 0.961. The van der Waals surface area contributed by atoms with Crippen LogP contribution in [0.3, 0.4) is 0 Å². The maximum Gasteiger partial charge on any atom is 0.0369 e. The van der Waals surface area contributed by atoms with Gasteiger partial charge in [-0.2, -0.15) is 0 Å². The first-order valence-electron chi connectivity index (χ1n) is 5.92. The van der Waals surface area contributed by atoms with Gasteiger partial charge in [0.25, 0.3) is 0 Å². The predicted molar refractivity (Wildman–Crippen MR) is 64.1 cm³/mol. The Bertz CT molecular complexity index is 362. The Kier molecular flexibility index (Phi) is 2.24. The minimum Gasteiger partial charge on any atom is -0.367 e. The van der Waals surface area contributed by atoms with Gasteiger partial charge in [0, 0.05) is 18.8 Å². The maximum absolute atomic E-state index is 2.46. The smallest absolute Gasteiger partial charge is 0.0369 e. The van der Waals surface area contributed by atoms with Gasteiger partial charge in [0.2, 0.25) is 0 Å². The van der Waals surface area contributed by atoms with Gasteiger partial charge in [-0.25, -0.2) is 0 Å². The van der Waals surface area contributed by atoms with Crippen LogP contribution in [0.4, 0.5) is 5.69 Å². The topological polar surface area (TPSA) is 3.24 Å². The molecule has 0 saturated heterocycles. The molecule has 15 heavy (non-hydrogen) atoms. The number of benzene rings is 1. The minimum atomic E-state index is 0.961. The zero-order valence-corrected chi connectivity index (χ0v) is 9.02. The van der Waals surface area contributed by atoms with Crippen LogP contribution in [0.5, 0.6) is 0 Å². The molecule has 78 valence electrons. The second-order valence-electron chi connectivity index (χ2n) is 4.58. The lowest BCUT2D eigenvalue weighted by Crippen LogP contribution is -2.28. The molecule has 0 atom stereocenters. The summed E-state index contributed by atoms with van der Waals surface area (Å²) in [6, 6.07) is 10.7. The van der Waals surface area contributed by atoms with E-state index >= 15 is 0 Å².